The summed E-state index contributed by atoms with van der Waals surface area (Å²) in [6, 6.07) is 4.06. The predicted octanol–water partition coefficient (Wildman–Crippen LogP) is 3.11. The van der Waals surface area contributed by atoms with E-state index in [2.05, 4.69) is 16.0 Å². The number of ether oxygens (including phenoxy) is 1. The number of anilines is 1. The molecule has 3 rings (SSSR count). The van der Waals surface area contributed by atoms with E-state index in [4.69, 9.17) is 4.74 Å². The summed E-state index contributed by atoms with van der Waals surface area (Å²) < 4.78 is 46.2. The van der Waals surface area contributed by atoms with Gasteiger partial charge in [0.2, 0.25) is 0 Å². The standard InChI is InChI=1S/C18H16F3N3O3/c1-22-18(26)24-14-6-7-27-16-10(3-5-12(20)15(14)16)17(25)23-9-2-4-11(19)13(21)8-9/h2-5,8,14H,6-7H2,1H3,(H,23,25)(H2,22,24,26)/t14-/m1/s1. The lowest BCUT2D eigenvalue weighted by atomic mass is 9.96. The third kappa shape index (κ3) is 3.81. The van der Waals surface area contributed by atoms with Crippen molar-refractivity contribution in [2.45, 2.75) is 12.5 Å². The Hall–Kier alpha value is -3.23. The number of hydrogen-bond donors (Lipinski definition) is 3. The Bertz CT molecular complexity index is 905. The van der Waals surface area contributed by atoms with Crippen molar-refractivity contribution in [3.05, 3.63) is 58.9 Å². The Morgan fingerprint density at radius 3 is 2.52 bits per heavy atom. The highest BCUT2D eigenvalue weighted by molar-refractivity contribution is 6.06. The van der Waals surface area contributed by atoms with E-state index >= 15 is 0 Å². The number of amides is 3. The first kappa shape index (κ1) is 18.6. The number of benzene rings is 2. The third-order valence-electron chi connectivity index (χ3n) is 4.10. The first-order valence-corrected chi connectivity index (χ1v) is 8.10. The molecule has 1 heterocycles. The number of carbonyl (C=O) groups excluding carboxylic acids is 2. The smallest absolute Gasteiger partial charge is 0.315 e. The molecule has 0 aliphatic carbocycles. The lowest BCUT2D eigenvalue weighted by Gasteiger charge is -2.28. The SMILES string of the molecule is CNC(=O)N[C@@H]1CCOc2c(C(=O)Nc3ccc(F)c(F)c3)ccc(F)c21. The van der Waals surface area contributed by atoms with Gasteiger partial charge in [-0.3, -0.25) is 4.79 Å². The van der Waals surface area contributed by atoms with E-state index in [0.29, 0.717) is 6.42 Å². The summed E-state index contributed by atoms with van der Waals surface area (Å²) in [5.74, 6) is -3.46. The quantitative estimate of drug-likeness (QED) is 0.767. The molecule has 0 spiro atoms. The molecule has 0 unspecified atom stereocenters. The topological polar surface area (TPSA) is 79.5 Å². The van der Waals surface area contributed by atoms with Crippen LogP contribution in [-0.2, 0) is 0 Å². The van der Waals surface area contributed by atoms with Gasteiger partial charge in [0.05, 0.1) is 23.8 Å². The van der Waals surface area contributed by atoms with Gasteiger partial charge in [-0.15, -0.1) is 0 Å². The minimum absolute atomic E-state index is 0.00253. The second-order valence-corrected chi connectivity index (χ2v) is 5.83. The average Bonchev–Trinajstić information content (AvgIpc) is 2.65. The molecule has 2 aromatic carbocycles. The Morgan fingerprint density at radius 1 is 1.07 bits per heavy atom. The predicted molar refractivity (Wildman–Crippen MR) is 91.2 cm³/mol. The fraction of sp³-hybridized carbons (Fsp3) is 0.222. The summed E-state index contributed by atoms with van der Waals surface area (Å²) in [6.45, 7) is 0.163. The number of halogens is 3. The van der Waals surface area contributed by atoms with Crippen LogP contribution in [0.25, 0.3) is 0 Å². The van der Waals surface area contributed by atoms with Gasteiger partial charge in [0, 0.05) is 25.2 Å². The zero-order chi connectivity index (χ0) is 19.6. The molecule has 1 aliphatic heterocycles. The normalized spacial score (nSPS) is 15.3. The molecule has 0 saturated heterocycles. The average molecular weight is 379 g/mol. The van der Waals surface area contributed by atoms with Crippen molar-refractivity contribution in [1.82, 2.24) is 10.6 Å². The molecule has 0 aromatic heterocycles. The molecule has 9 heteroatoms. The molecule has 6 nitrogen and oxygen atoms in total. The van der Waals surface area contributed by atoms with Gasteiger partial charge in [0.15, 0.2) is 11.6 Å². The van der Waals surface area contributed by atoms with Gasteiger partial charge in [-0.05, 0) is 24.3 Å². The maximum absolute atomic E-state index is 14.4. The minimum atomic E-state index is -1.11. The molecule has 142 valence electrons. The van der Waals surface area contributed by atoms with Crippen LogP contribution < -0.4 is 20.7 Å². The van der Waals surface area contributed by atoms with Crippen LogP contribution in [0, 0.1) is 17.5 Å². The van der Waals surface area contributed by atoms with E-state index < -0.39 is 35.4 Å². The maximum atomic E-state index is 14.4. The number of nitrogens with one attached hydrogen (secondary N) is 3. The molecule has 0 bridgehead atoms. The summed E-state index contributed by atoms with van der Waals surface area (Å²) in [5.41, 5.74) is 0.107. The van der Waals surface area contributed by atoms with Crippen molar-refractivity contribution >= 4 is 17.6 Å². The summed E-state index contributed by atoms with van der Waals surface area (Å²) in [6.07, 6.45) is 0.325. The molecular formula is C18H16F3N3O3. The van der Waals surface area contributed by atoms with Crippen LogP contribution in [-0.4, -0.2) is 25.6 Å². The molecule has 0 saturated carbocycles. The summed E-state index contributed by atoms with van der Waals surface area (Å²) in [7, 11) is 1.43. The van der Waals surface area contributed by atoms with Crippen molar-refractivity contribution in [3.8, 4) is 5.75 Å². The number of hydrogen-bond acceptors (Lipinski definition) is 3. The molecule has 1 atom stereocenters. The Balaban J connectivity index is 1.92. The Labute approximate surface area is 152 Å². The molecule has 3 amide bonds. The van der Waals surface area contributed by atoms with Crippen LogP contribution in [0.2, 0.25) is 0 Å². The van der Waals surface area contributed by atoms with Gasteiger partial charge < -0.3 is 20.7 Å². The number of fused-ring (bicyclic) bond motifs is 1. The van der Waals surface area contributed by atoms with Crippen molar-refractivity contribution in [1.29, 1.82) is 0 Å². The Kier molecular flexibility index (Phi) is 5.20. The third-order valence-corrected chi connectivity index (χ3v) is 4.10. The molecule has 1 aliphatic rings. The largest absolute Gasteiger partial charge is 0.492 e. The number of rotatable bonds is 3. The summed E-state index contributed by atoms with van der Waals surface area (Å²) in [5, 5.41) is 7.40. The Morgan fingerprint density at radius 2 is 1.81 bits per heavy atom. The highest BCUT2D eigenvalue weighted by Crippen LogP contribution is 2.37. The molecular weight excluding hydrogens is 363 g/mol. The second-order valence-electron chi connectivity index (χ2n) is 5.83. The van der Waals surface area contributed by atoms with Crippen LogP contribution >= 0.6 is 0 Å². The van der Waals surface area contributed by atoms with Crippen molar-refractivity contribution < 1.29 is 27.5 Å². The first-order chi connectivity index (χ1) is 12.9. The van der Waals surface area contributed by atoms with Gasteiger partial charge in [-0.1, -0.05) is 0 Å². The van der Waals surface area contributed by atoms with Crippen molar-refractivity contribution in [3.63, 3.8) is 0 Å². The number of carbonyl (C=O) groups is 2. The van der Waals surface area contributed by atoms with E-state index in [1.54, 1.807) is 0 Å². The fourth-order valence-electron chi connectivity index (χ4n) is 2.80. The maximum Gasteiger partial charge on any atom is 0.315 e. The lowest BCUT2D eigenvalue weighted by Crippen LogP contribution is -2.38. The highest BCUT2D eigenvalue weighted by atomic mass is 19.2. The molecule has 0 fully saturated rings. The van der Waals surface area contributed by atoms with E-state index in [1.807, 2.05) is 0 Å². The highest BCUT2D eigenvalue weighted by Gasteiger charge is 2.30. The summed E-state index contributed by atoms with van der Waals surface area (Å²) >= 11 is 0. The van der Waals surface area contributed by atoms with Crippen LogP contribution in [0.4, 0.5) is 23.7 Å². The van der Waals surface area contributed by atoms with Crippen LogP contribution in [0.15, 0.2) is 30.3 Å². The van der Waals surface area contributed by atoms with E-state index in [-0.39, 0.29) is 29.2 Å². The van der Waals surface area contributed by atoms with Gasteiger partial charge in [-0.25, -0.2) is 18.0 Å². The van der Waals surface area contributed by atoms with Crippen LogP contribution in [0.5, 0.6) is 5.75 Å². The zero-order valence-corrected chi connectivity index (χ0v) is 14.2. The fourth-order valence-corrected chi connectivity index (χ4v) is 2.80. The molecule has 2 aromatic rings. The van der Waals surface area contributed by atoms with Crippen molar-refractivity contribution in [2.75, 3.05) is 19.0 Å². The van der Waals surface area contributed by atoms with Crippen molar-refractivity contribution in [2.24, 2.45) is 0 Å². The van der Waals surface area contributed by atoms with Gasteiger partial charge in [0.25, 0.3) is 5.91 Å². The van der Waals surface area contributed by atoms with Gasteiger partial charge >= 0.3 is 6.03 Å². The second kappa shape index (κ2) is 7.56. The number of urea groups is 1. The van der Waals surface area contributed by atoms with Crippen LogP contribution in [0.3, 0.4) is 0 Å². The van der Waals surface area contributed by atoms with E-state index in [9.17, 15) is 22.8 Å². The minimum Gasteiger partial charge on any atom is -0.492 e. The van der Waals surface area contributed by atoms with E-state index in [0.717, 1.165) is 18.2 Å². The first-order valence-electron chi connectivity index (χ1n) is 8.10. The zero-order valence-electron chi connectivity index (χ0n) is 14.2. The van der Waals surface area contributed by atoms with Gasteiger partial charge in [0.1, 0.15) is 11.6 Å². The molecule has 3 N–H and O–H groups in total. The molecule has 0 radical (unpaired) electrons. The van der Waals surface area contributed by atoms with Crippen LogP contribution in [0.1, 0.15) is 28.4 Å². The molecule has 27 heavy (non-hydrogen) atoms. The summed E-state index contributed by atoms with van der Waals surface area (Å²) in [4.78, 5) is 24.1. The monoisotopic (exact) mass is 379 g/mol. The lowest BCUT2D eigenvalue weighted by molar-refractivity contribution is 0.102. The van der Waals surface area contributed by atoms with Gasteiger partial charge in [-0.2, -0.15) is 0 Å². The van der Waals surface area contributed by atoms with E-state index in [1.165, 1.54) is 19.2 Å².